The maximum Gasteiger partial charge on any atom is 0.0368 e. The first-order chi connectivity index (χ1) is 7.06. The van der Waals surface area contributed by atoms with E-state index in [0.717, 1.165) is 6.54 Å². The monoisotopic (exact) mass is 205 g/mol. The maximum absolute atomic E-state index is 2.41. The molecule has 1 rings (SSSR count). The lowest BCUT2D eigenvalue weighted by Gasteiger charge is -2.27. The van der Waals surface area contributed by atoms with Gasteiger partial charge < -0.3 is 4.90 Å². The van der Waals surface area contributed by atoms with Gasteiger partial charge in [-0.3, -0.25) is 0 Å². The smallest absolute Gasteiger partial charge is 0.0368 e. The molecule has 1 aromatic rings. The number of hydrogen-bond acceptors (Lipinski definition) is 1. The summed E-state index contributed by atoms with van der Waals surface area (Å²) >= 11 is 0. The Labute approximate surface area is 94.1 Å². The van der Waals surface area contributed by atoms with E-state index in [2.05, 4.69) is 63.8 Å². The molecule has 0 aromatic heterocycles. The molecule has 0 heterocycles. The van der Waals surface area contributed by atoms with Crippen LogP contribution in [0, 0.1) is 0 Å². The molecule has 1 nitrogen and oxygen atoms in total. The molecule has 15 heavy (non-hydrogen) atoms. The Morgan fingerprint density at radius 2 is 1.53 bits per heavy atom. The first kappa shape index (κ1) is 12.1. The lowest BCUT2D eigenvalue weighted by Crippen LogP contribution is -2.30. The van der Waals surface area contributed by atoms with Crippen LogP contribution in [-0.2, 0) is 0 Å². The van der Waals surface area contributed by atoms with Crippen LogP contribution in [0.3, 0.4) is 0 Å². The summed E-state index contributed by atoms with van der Waals surface area (Å²) in [5.41, 5.74) is 2.75. The van der Waals surface area contributed by atoms with Crippen molar-refractivity contribution in [3.8, 4) is 0 Å². The molecular formula is C14H23N. The number of benzene rings is 1. The van der Waals surface area contributed by atoms with Gasteiger partial charge in [0.1, 0.15) is 0 Å². The zero-order valence-corrected chi connectivity index (χ0v) is 10.6. The van der Waals surface area contributed by atoms with E-state index in [-0.39, 0.29) is 0 Å². The Morgan fingerprint density at radius 3 is 1.87 bits per heavy atom. The summed E-state index contributed by atoms with van der Waals surface area (Å²) in [4.78, 5) is 2.41. The lowest BCUT2D eigenvalue weighted by molar-refractivity contribution is 0.703. The summed E-state index contributed by atoms with van der Waals surface area (Å²) < 4.78 is 0. The summed E-state index contributed by atoms with van der Waals surface area (Å²) in [6, 6.07) is 9.52. The van der Waals surface area contributed by atoms with Crippen LogP contribution in [0.4, 0.5) is 5.69 Å². The van der Waals surface area contributed by atoms with Gasteiger partial charge in [-0.1, -0.05) is 26.0 Å². The van der Waals surface area contributed by atoms with Gasteiger partial charge in [0.2, 0.25) is 0 Å². The molecule has 1 heteroatoms. The number of nitrogens with zero attached hydrogens (tertiary/aromatic N) is 1. The fraction of sp³-hybridized carbons (Fsp3) is 0.571. The Morgan fingerprint density at radius 1 is 1.00 bits per heavy atom. The molecule has 0 atom stereocenters. The second-order valence-electron chi connectivity index (χ2n) is 4.63. The molecule has 0 saturated heterocycles. The molecule has 0 N–H and O–H groups in total. The van der Waals surface area contributed by atoms with Crippen LogP contribution in [0.2, 0.25) is 0 Å². The molecule has 0 saturated carbocycles. The number of anilines is 1. The summed E-state index contributed by atoms with van der Waals surface area (Å²) in [6.45, 7) is 12.2. The van der Waals surface area contributed by atoms with E-state index in [1.807, 2.05) is 0 Å². The molecule has 0 aliphatic heterocycles. The zero-order valence-electron chi connectivity index (χ0n) is 10.6. The van der Waals surface area contributed by atoms with Gasteiger partial charge in [0.05, 0.1) is 0 Å². The lowest BCUT2D eigenvalue weighted by atomic mass is 10.0. The van der Waals surface area contributed by atoms with Gasteiger partial charge in [-0.25, -0.2) is 0 Å². The predicted octanol–water partition coefficient (Wildman–Crippen LogP) is 4.04. The summed E-state index contributed by atoms with van der Waals surface area (Å²) in [7, 11) is 0. The molecule has 0 bridgehead atoms. The van der Waals surface area contributed by atoms with Crippen LogP contribution < -0.4 is 4.90 Å². The van der Waals surface area contributed by atoms with Gasteiger partial charge in [-0.15, -0.1) is 0 Å². The quantitative estimate of drug-likeness (QED) is 0.717. The van der Waals surface area contributed by atoms with Crippen molar-refractivity contribution in [2.45, 2.75) is 46.6 Å². The van der Waals surface area contributed by atoms with E-state index in [9.17, 15) is 0 Å². The molecule has 0 unspecified atom stereocenters. The second kappa shape index (κ2) is 5.20. The van der Waals surface area contributed by atoms with Crippen molar-refractivity contribution >= 4 is 5.69 Å². The fourth-order valence-electron chi connectivity index (χ4n) is 1.90. The van der Waals surface area contributed by atoms with Crippen molar-refractivity contribution < 1.29 is 0 Å². The molecule has 0 aliphatic carbocycles. The van der Waals surface area contributed by atoms with Gasteiger partial charge in [-0.05, 0) is 44.4 Å². The van der Waals surface area contributed by atoms with Crippen LogP contribution in [0.15, 0.2) is 24.3 Å². The van der Waals surface area contributed by atoms with Crippen molar-refractivity contribution in [3.63, 3.8) is 0 Å². The third-order valence-corrected chi connectivity index (χ3v) is 2.86. The largest absolute Gasteiger partial charge is 0.369 e. The first-order valence-corrected chi connectivity index (χ1v) is 5.92. The van der Waals surface area contributed by atoms with Crippen LogP contribution in [0.1, 0.15) is 46.1 Å². The van der Waals surface area contributed by atoms with Crippen LogP contribution in [-0.4, -0.2) is 12.6 Å². The number of rotatable bonds is 4. The Hall–Kier alpha value is -0.980. The minimum Gasteiger partial charge on any atom is -0.369 e. The van der Waals surface area contributed by atoms with E-state index in [1.54, 1.807) is 0 Å². The van der Waals surface area contributed by atoms with Crippen molar-refractivity contribution in [1.82, 2.24) is 0 Å². The molecule has 0 fully saturated rings. The van der Waals surface area contributed by atoms with E-state index in [0.29, 0.717) is 12.0 Å². The molecule has 0 amide bonds. The maximum atomic E-state index is 2.41. The molecule has 84 valence electrons. The van der Waals surface area contributed by atoms with Gasteiger partial charge in [0, 0.05) is 18.3 Å². The normalized spacial score (nSPS) is 11.1. The fourth-order valence-corrected chi connectivity index (χ4v) is 1.90. The minimum atomic E-state index is 0.569. The Kier molecular flexibility index (Phi) is 4.19. The van der Waals surface area contributed by atoms with Crippen molar-refractivity contribution in [1.29, 1.82) is 0 Å². The SMILES string of the molecule is CCN(c1ccc(C(C)C)cc1)C(C)C. The van der Waals surface area contributed by atoms with Crippen molar-refractivity contribution in [2.75, 3.05) is 11.4 Å². The average Bonchev–Trinajstić information content (AvgIpc) is 2.19. The molecule has 0 radical (unpaired) electrons. The van der Waals surface area contributed by atoms with Gasteiger partial charge >= 0.3 is 0 Å². The first-order valence-electron chi connectivity index (χ1n) is 5.92. The standard InChI is InChI=1S/C14H23N/c1-6-15(12(4)5)14-9-7-13(8-10-14)11(2)3/h7-12H,6H2,1-5H3. The Balaban J connectivity index is 2.87. The van der Waals surface area contributed by atoms with Crippen molar-refractivity contribution in [3.05, 3.63) is 29.8 Å². The molecule has 0 aliphatic rings. The predicted molar refractivity (Wildman–Crippen MR) is 68.7 cm³/mol. The van der Waals surface area contributed by atoms with Gasteiger partial charge in [-0.2, -0.15) is 0 Å². The van der Waals surface area contributed by atoms with Crippen LogP contribution >= 0.6 is 0 Å². The van der Waals surface area contributed by atoms with Crippen molar-refractivity contribution in [2.24, 2.45) is 0 Å². The third kappa shape index (κ3) is 2.98. The van der Waals surface area contributed by atoms with E-state index >= 15 is 0 Å². The highest BCUT2D eigenvalue weighted by Gasteiger charge is 2.08. The summed E-state index contributed by atoms with van der Waals surface area (Å²) in [5, 5.41) is 0. The zero-order chi connectivity index (χ0) is 11.4. The Bertz CT molecular complexity index is 285. The summed E-state index contributed by atoms with van der Waals surface area (Å²) in [6.07, 6.45) is 0. The highest BCUT2D eigenvalue weighted by atomic mass is 15.1. The average molecular weight is 205 g/mol. The van der Waals surface area contributed by atoms with E-state index < -0.39 is 0 Å². The molecule has 1 aromatic carbocycles. The minimum absolute atomic E-state index is 0.569. The van der Waals surface area contributed by atoms with E-state index in [1.165, 1.54) is 11.3 Å². The van der Waals surface area contributed by atoms with Crippen LogP contribution in [0.25, 0.3) is 0 Å². The topological polar surface area (TPSA) is 3.24 Å². The van der Waals surface area contributed by atoms with Crippen LogP contribution in [0.5, 0.6) is 0 Å². The van der Waals surface area contributed by atoms with Gasteiger partial charge in [0.15, 0.2) is 0 Å². The third-order valence-electron chi connectivity index (χ3n) is 2.86. The highest BCUT2D eigenvalue weighted by molar-refractivity contribution is 5.48. The molecular weight excluding hydrogens is 182 g/mol. The summed E-state index contributed by atoms with van der Waals surface area (Å²) in [5.74, 6) is 0.619. The number of hydrogen-bond donors (Lipinski definition) is 0. The van der Waals surface area contributed by atoms with Gasteiger partial charge in [0.25, 0.3) is 0 Å². The van der Waals surface area contributed by atoms with E-state index in [4.69, 9.17) is 0 Å². The molecule has 0 spiro atoms. The highest BCUT2D eigenvalue weighted by Crippen LogP contribution is 2.21. The second-order valence-corrected chi connectivity index (χ2v) is 4.63.